The second-order valence-corrected chi connectivity index (χ2v) is 11.7. The maximum Gasteiger partial charge on any atom is 0.227 e. The van der Waals surface area contributed by atoms with Gasteiger partial charge in [0.2, 0.25) is 5.89 Å². The van der Waals surface area contributed by atoms with Crippen molar-refractivity contribution in [2.75, 3.05) is 4.90 Å². The van der Waals surface area contributed by atoms with E-state index < -0.39 is 0 Å². The van der Waals surface area contributed by atoms with Gasteiger partial charge < -0.3 is 13.9 Å². The van der Waals surface area contributed by atoms with Crippen LogP contribution in [-0.4, -0.2) is 9.55 Å². The van der Waals surface area contributed by atoms with E-state index in [4.69, 9.17) is 9.40 Å². The number of para-hydroxylation sites is 4. The van der Waals surface area contributed by atoms with Crippen molar-refractivity contribution in [2.24, 2.45) is 0 Å². The van der Waals surface area contributed by atoms with Crippen molar-refractivity contribution in [2.45, 2.75) is 0 Å². The zero-order chi connectivity index (χ0) is 31.2. The molecule has 0 unspecified atom stereocenters. The van der Waals surface area contributed by atoms with Gasteiger partial charge in [-0.2, -0.15) is 0 Å². The van der Waals surface area contributed by atoms with Crippen molar-refractivity contribution in [1.29, 1.82) is 0 Å². The minimum Gasteiger partial charge on any atom is -0.436 e. The van der Waals surface area contributed by atoms with E-state index in [1.54, 1.807) is 0 Å². The van der Waals surface area contributed by atoms with E-state index in [-0.39, 0.29) is 0 Å². The van der Waals surface area contributed by atoms with Crippen LogP contribution >= 0.6 is 0 Å². The summed E-state index contributed by atoms with van der Waals surface area (Å²) in [7, 11) is 0. The third kappa shape index (κ3) is 4.75. The summed E-state index contributed by atoms with van der Waals surface area (Å²) in [6, 6.07) is 61.7. The van der Waals surface area contributed by atoms with Crippen LogP contribution in [0.2, 0.25) is 0 Å². The maximum absolute atomic E-state index is 6.08. The summed E-state index contributed by atoms with van der Waals surface area (Å²) in [6.07, 6.45) is 0. The van der Waals surface area contributed by atoms with Gasteiger partial charge >= 0.3 is 0 Å². The Labute approximate surface area is 272 Å². The molecule has 0 fully saturated rings. The minimum atomic E-state index is 0.617. The molecule has 0 N–H and O–H groups in total. The monoisotopic (exact) mass is 603 g/mol. The predicted octanol–water partition coefficient (Wildman–Crippen LogP) is 11.7. The molecule has 2 heterocycles. The molecule has 0 saturated heterocycles. The van der Waals surface area contributed by atoms with Crippen LogP contribution in [0.1, 0.15) is 0 Å². The van der Waals surface area contributed by atoms with Crippen molar-refractivity contribution in [3.63, 3.8) is 0 Å². The molecule has 0 radical (unpaired) electrons. The van der Waals surface area contributed by atoms with Crippen LogP contribution in [0.15, 0.2) is 180 Å². The first kappa shape index (κ1) is 27.0. The van der Waals surface area contributed by atoms with Crippen molar-refractivity contribution < 1.29 is 4.42 Å². The van der Waals surface area contributed by atoms with E-state index in [1.165, 1.54) is 32.9 Å². The topological polar surface area (TPSA) is 34.2 Å². The first-order valence-corrected chi connectivity index (χ1v) is 15.8. The third-order valence-electron chi connectivity index (χ3n) is 8.83. The highest BCUT2D eigenvalue weighted by molar-refractivity contribution is 6.10. The molecule has 0 saturated carbocycles. The fraction of sp³-hybridized carbons (Fsp3) is 0. The number of hydrogen-bond acceptors (Lipinski definition) is 3. The Bertz CT molecular complexity index is 2460. The van der Waals surface area contributed by atoms with Crippen LogP contribution in [0.4, 0.5) is 17.1 Å². The van der Waals surface area contributed by atoms with Crippen LogP contribution in [0.5, 0.6) is 0 Å². The fourth-order valence-electron chi connectivity index (χ4n) is 6.58. The number of hydrogen-bond donors (Lipinski definition) is 0. The first-order chi connectivity index (χ1) is 23.3. The van der Waals surface area contributed by atoms with Gasteiger partial charge in [0.1, 0.15) is 5.52 Å². The standard InChI is InChI=1S/C43H29N3O/c1-3-11-30(12-4-1)31-19-23-34(24-20-31)45(35-25-21-32(22-26-35)43-44-39-16-8-10-18-42(39)47-43)36-27-28-41-38(29-36)37-15-7-9-17-40(37)46(41)33-13-5-2-6-14-33/h1-29H. The molecular formula is C43H29N3O. The number of rotatable bonds is 6. The molecule has 0 atom stereocenters. The van der Waals surface area contributed by atoms with Crippen LogP contribution < -0.4 is 4.90 Å². The molecule has 9 rings (SSSR count). The third-order valence-corrected chi connectivity index (χ3v) is 8.83. The Kier molecular flexibility index (Phi) is 6.43. The summed E-state index contributed by atoms with van der Waals surface area (Å²) < 4.78 is 8.43. The molecule has 4 nitrogen and oxygen atoms in total. The number of nitrogens with zero attached hydrogens (tertiary/aromatic N) is 3. The van der Waals surface area contributed by atoms with Gasteiger partial charge in [0.15, 0.2) is 5.58 Å². The normalized spacial score (nSPS) is 11.4. The largest absolute Gasteiger partial charge is 0.436 e. The van der Waals surface area contributed by atoms with E-state index in [0.29, 0.717) is 5.89 Å². The van der Waals surface area contributed by atoms with Gasteiger partial charge in [0.05, 0.1) is 11.0 Å². The lowest BCUT2D eigenvalue weighted by molar-refractivity contribution is 0.620. The molecule has 0 bridgehead atoms. The van der Waals surface area contributed by atoms with E-state index in [0.717, 1.165) is 39.4 Å². The summed E-state index contributed by atoms with van der Waals surface area (Å²) in [5.74, 6) is 0.617. The molecule has 2 aromatic heterocycles. The van der Waals surface area contributed by atoms with Crippen LogP contribution in [0.25, 0.3) is 61.2 Å². The zero-order valence-corrected chi connectivity index (χ0v) is 25.5. The van der Waals surface area contributed by atoms with Crippen LogP contribution in [0.3, 0.4) is 0 Å². The summed E-state index contributed by atoms with van der Waals surface area (Å²) in [5.41, 5.74) is 11.7. The molecule has 0 aliphatic heterocycles. The smallest absolute Gasteiger partial charge is 0.227 e. The van der Waals surface area contributed by atoms with Crippen molar-refractivity contribution in [3.8, 4) is 28.3 Å². The molecule has 0 amide bonds. The Morgan fingerprint density at radius 3 is 1.77 bits per heavy atom. The summed E-state index contributed by atoms with van der Waals surface area (Å²) in [6.45, 7) is 0. The van der Waals surface area contributed by atoms with Crippen molar-refractivity contribution >= 4 is 50.0 Å². The van der Waals surface area contributed by atoms with Crippen molar-refractivity contribution in [3.05, 3.63) is 176 Å². The molecule has 9 aromatic rings. The molecule has 0 aliphatic carbocycles. The van der Waals surface area contributed by atoms with E-state index in [2.05, 4.69) is 161 Å². The van der Waals surface area contributed by atoms with E-state index >= 15 is 0 Å². The molecule has 4 heteroatoms. The lowest BCUT2D eigenvalue weighted by Gasteiger charge is -2.26. The molecule has 0 aliphatic rings. The summed E-state index contributed by atoms with van der Waals surface area (Å²) >= 11 is 0. The average molecular weight is 604 g/mol. The Morgan fingerprint density at radius 1 is 0.447 bits per heavy atom. The Hall–Kier alpha value is -6.39. The Balaban J connectivity index is 1.19. The van der Waals surface area contributed by atoms with Gasteiger partial charge in [-0.05, 0) is 96.1 Å². The van der Waals surface area contributed by atoms with Crippen LogP contribution in [-0.2, 0) is 0 Å². The predicted molar refractivity (Wildman–Crippen MR) is 194 cm³/mol. The minimum absolute atomic E-state index is 0.617. The molecule has 0 spiro atoms. The molecular weight excluding hydrogens is 574 g/mol. The molecule has 222 valence electrons. The van der Waals surface area contributed by atoms with E-state index in [1.807, 2.05) is 24.3 Å². The van der Waals surface area contributed by atoms with Gasteiger partial charge in [-0.3, -0.25) is 0 Å². The quantitative estimate of drug-likeness (QED) is 0.190. The lowest BCUT2D eigenvalue weighted by Crippen LogP contribution is -2.10. The van der Waals surface area contributed by atoms with Gasteiger partial charge in [-0.15, -0.1) is 0 Å². The highest BCUT2D eigenvalue weighted by atomic mass is 16.3. The van der Waals surface area contributed by atoms with Gasteiger partial charge in [0.25, 0.3) is 0 Å². The molecule has 7 aromatic carbocycles. The van der Waals surface area contributed by atoms with Crippen LogP contribution in [0, 0.1) is 0 Å². The average Bonchev–Trinajstić information content (AvgIpc) is 3.73. The summed E-state index contributed by atoms with van der Waals surface area (Å²) in [5, 5.41) is 2.43. The van der Waals surface area contributed by atoms with Crippen molar-refractivity contribution in [1.82, 2.24) is 9.55 Å². The second-order valence-electron chi connectivity index (χ2n) is 11.7. The maximum atomic E-state index is 6.08. The SMILES string of the molecule is c1ccc(-c2ccc(N(c3ccc(-c4nc5ccccc5o4)cc3)c3ccc4c(c3)c3ccccc3n4-c3ccccc3)cc2)cc1. The number of anilines is 3. The second kappa shape index (κ2) is 11.2. The highest BCUT2D eigenvalue weighted by Gasteiger charge is 2.18. The fourth-order valence-corrected chi connectivity index (χ4v) is 6.58. The first-order valence-electron chi connectivity index (χ1n) is 15.8. The number of fused-ring (bicyclic) bond motifs is 4. The zero-order valence-electron chi connectivity index (χ0n) is 25.5. The van der Waals surface area contributed by atoms with E-state index in [9.17, 15) is 0 Å². The van der Waals surface area contributed by atoms with Gasteiger partial charge in [0, 0.05) is 39.1 Å². The molecule has 47 heavy (non-hydrogen) atoms. The summed E-state index contributed by atoms with van der Waals surface area (Å²) in [4.78, 5) is 7.04. The lowest BCUT2D eigenvalue weighted by atomic mass is 10.0. The number of benzene rings is 7. The number of aromatic nitrogens is 2. The Morgan fingerprint density at radius 2 is 1.02 bits per heavy atom. The van der Waals surface area contributed by atoms with Gasteiger partial charge in [-0.25, -0.2) is 4.98 Å². The highest BCUT2D eigenvalue weighted by Crippen LogP contribution is 2.40. The number of oxazole rings is 1. The van der Waals surface area contributed by atoms with Gasteiger partial charge in [-0.1, -0.05) is 91.0 Å².